The Kier molecular flexibility index (Phi) is 2.81. The number of fused-ring (bicyclic) bond motifs is 1. The monoisotopic (exact) mass is 248 g/mol. The van der Waals surface area contributed by atoms with Crippen molar-refractivity contribution >= 4 is 12.0 Å². The van der Waals surface area contributed by atoms with E-state index in [1.807, 2.05) is 19.9 Å². The van der Waals surface area contributed by atoms with Crippen molar-refractivity contribution in [2.24, 2.45) is 0 Å². The van der Waals surface area contributed by atoms with Gasteiger partial charge in [0.15, 0.2) is 0 Å². The van der Waals surface area contributed by atoms with Crippen LogP contribution in [0.4, 0.5) is 0 Å². The third-order valence-corrected chi connectivity index (χ3v) is 3.36. The molecule has 96 valence electrons. The molecule has 0 aliphatic carbocycles. The predicted molar refractivity (Wildman–Crippen MR) is 68.2 cm³/mol. The van der Waals surface area contributed by atoms with E-state index in [0.717, 1.165) is 22.4 Å². The third kappa shape index (κ3) is 1.74. The summed E-state index contributed by atoms with van der Waals surface area (Å²) in [6.45, 7) is 5.36. The van der Waals surface area contributed by atoms with Crippen LogP contribution in [-0.2, 0) is 4.79 Å². The highest BCUT2D eigenvalue weighted by Crippen LogP contribution is 2.39. The Hall–Kier alpha value is -1.97. The quantitative estimate of drug-likeness (QED) is 0.873. The minimum Gasteiger partial charge on any atom is -0.496 e. The van der Waals surface area contributed by atoms with E-state index in [2.05, 4.69) is 0 Å². The van der Waals surface area contributed by atoms with E-state index in [0.29, 0.717) is 5.75 Å². The number of benzene rings is 1. The van der Waals surface area contributed by atoms with Crippen molar-refractivity contribution in [1.82, 2.24) is 0 Å². The fraction of sp³-hybridized carbons (Fsp3) is 0.357. The molecule has 0 spiro atoms. The number of aliphatic carboxylic acids is 1. The molecule has 0 radical (unpaired) electrons. The lowest BCUT2D eigenvalue weighted by Gasteiger charge is -2.29. The Labute approximate surface area is 106 Å². The van der Waals surface area contributed by atoms with Crippen LogP contribution in [0.1, 0.15) is 23.6 Å². The van der Waals surface area contributed by atoms with Crippen molar-refractivity contribution < 1.29 is 19.4 Å². The fourth-order valence-electron chi connectivity index (χ4n) is 1.97. The maximum Gasteiger partial charge on any atom is 0.351 e. The van der Waals surface area contributed by atoms with Crippen LogP contribution in [0.25, 0.3) is 6.08 Å². The number of rotatable bonds is 2. The molecule has 2 rings (SSSR count). The lowest BCUT2D eigenvalue weighted by Crippen LogP contribution is -2.41. The third-order valence-electron chi connectivity index (χ3n) is 3.36. The summed E-state index contributed by atoms with van der Waals surface area (Å²) in [5.41, 5.74) is 1.40. The summed E-state index contributed by atoms with van der Waals surface area (Å²) in [4.78, 5) is 11.2. The van der Waals surface area contributed by atoms with Gasteiger partial charge in [-0.3, -0.25) is 0 Å². The maximum absolute atomic E-state index is 11.2. The molecule has 18 heavy (non-hydrogen) atoms. The first-order chi connectivity index (χ1) is 8.39. The number of carboxylic acid groups (broad SMARTS) is 1. The zero-order chi connectivity index (χ0) is 13.5. The number of methoxy groups -OCH3 is 1. The summed E-state index contributed by atoms with van der Waals surface area (Å²) in [5.74, 6) is 0.386. The second-order valence-electron chi connectivity index (χ2n) is 4.59. The summed E-state index contributed by atoms with van der Waals surface area (Å²) in [5, 5.41) is 9.18. The van der Waals surface area contributed by atoms with Crippen LogP contribution in [0.2, 0.25) is 0 Å². The Bertz CT molecular complexity index is 545. The van der Waals surface area contributed by atoms with Crippen LogP contribution in [-0.4, -0.2) is 23.8 Å². The molecule has 1 atom stereocenters. The number of hydrogen-bond donors (Lipinski definition) is 1. The van der Waals surface area contributed by atoms with Gasteiger partial charge >= 0.3 is 5.97 Å². The Morgan fingerprint density at radius 1 is 1.39 bits per heavy atom. The van der Waals surface area contributed by atoms with Crippen LogP contribution >= 0.6 is 0 Å². The zero-order valence-electron chi connectivity index (χ0n) is 10.9. The van der Waals surface area contributed by atoms with Gasteiger partial charge in [0.2, 0.25) is 5.60 Å². The molecule has 1 N–H and O–H groups in total. The van der Waals surface area contributed by atoms with Crippen molar-refractivity contribution in [3.05, 3.63) is 28.8 Å². The average molecular weight is 248 g/mol. The van der Waals surface area contributed by atoms with E-state index in [1.54, 1.807) is 19.3 Å². The molecule has 0 unspecified atom stereocenters. The van der Waals surface area contributed by atoms with Gasteiger partial charge in [0.1, 0.15) is 11.5 Å². The molecule has 1 aromatic rings. The smallest absolute Gasteiger partial charge is 0.351 e. The van der Waals surface area contributed by atoms with Crippen molar-refractivity contribution in [2.75, 3.05) is 7.11 Å². The Balaban J connectivity index is 2.58. The van der Waals surface area contributed by atoms with E-state index >= 15 is 0 Å². The molecule has 0 saturated carbocycles. The SMILES string of the molecule is COc1cc2c(c(C)c1C)O[C@](C)(C(=O)O)C=C2. The Morgan fingerprint density at radius 2 is 2.06 bits per heavy atom. The number of carbonyl (C=O) groups is 1. The Morgan fingerprint density at radius 3 is 2.61 bits per heavy atom. The zero-order valence-corrected chi connectivity index (χ0v) is 10.9. The van der Waals surface area contributed by atoms with Crippen molar-refractivity contribution in [3.63, 3.8) is 0 Å². The van der Waals surface area contributed by atoms with Crippen molar-refractivity contribution in [1.29, 1.82) is 0 Å². The molecule has 4 heteroatoms. The van der Waals surface area contributed by atoms with Crippen LogP contribution in [0.15, 0.2) is 12.1 Å². The van der Waals surface area contributed by atoms with Gasteiger partial charge in [-0.2, -0.15) is 0 Å². The van der Waals surface area contributed by atoms with Crippen molar-refractivity contribution in [2.45, 2.75) is 26.4 Å². The van der Waals surface area contributed by atoms with Crippen LogP contribution in [0.5, 0.6) is 11.5 Å². The second kappa shape index (κ2) is 4.05. The van der Waals surface area contributed by atoms with Gasteiger partial charge in [-0.15, -0.1) is 0 Å². The number of hydrogen-bond acceptors (Lipinski definition) is 3. The standard InChI is InChI=1S/C14H16O4/c1-8-9(2)12-10(7-11(8)17-4)5-6-14(3,18-12)13(15)16/h5-7H,1-4H3,(H,15,16)/t14-/m0/s1. The van der Waals surface area contributed by atoms with E-state index in [4.69, 9.17) is 9.47 Å². The molecule has 0 fully saturated rings. The highest BCUT2D eigenvalue weighted by molar-refractivity contribution is 5.84. The average Bonchev–Trinajstić information content (AvgIpc) is 2.34. The normalized spacial score (nSPS) is 21.1. The van der Waals surface area contributed by atoms with Crippen molar-refractivity contribution in [3.8, 4) is 11.5 Å². The topological polar surface area (TPSA) is 55.8 Å². The maximum atomic E-state index is 11.2. The molecule has 0 saturated heterocycles. The first kappa shape index (κ1) is 12.5. The molecule has 0 amide bonds. The molecular formula is C14H16O4. The van der Waals surface area contributed by atoms with Gasteiger partial charge < -0.3 is 14.6 Å². The lowest BCUT2D eigenvalue weighted by molar-refractivity contribution is -0.149. The van der Waals surface area contributed by atoms with Gasteiger partial charge in [0.25, 0.3) is 0 Å². The van der Waals surface area contributed by atoms with Gasteiger partial charge in [-0.1, -0.05) is 6.08 Å². The van der Waals surface area contributed by atoms with Crippen LogP contribution in [0.3, 0.4) is 0 Å². The molecule has 1 aromatic carbocycles. The lowest BCUT2D eigenvalue weighted by atomic mass is 9.96. The molecule has 0 bridgehead atoms. The van der Waals surface area contributed by atoms with Gasteiger partial charge in [0, 0.05) is 5.56 Å². The van der Waals surface area contributed by atoms with E-state index in [1.165, 1.54) is 6.92 Å². The van der Waals surface area contributed by atoms with Gasteiger partial charge in [-0.25, -0.2) is 4.79 Å². The van der Waals surface area contributed by atoms with E-state index < -0.39 is 11.6 Å². The number of ether oxygens (including phenoxy) is 2. The first-order valence-corrected chi connectivity index (χ1v) is 5.69. The summed E-state index contributed by atoms with van der Waals surface area (Å²) >= 11 is 0. The molecule has 1 heterocycles. The summed E-state index contributed by atoms with van der Waals surface area (Å²) in [6.07, 6.45) is 3.31. The molecule has 1 aliphatic rings. The van der Waals surface area contributed by atoms with Crippen LogP contribution < -0.4 is 9.47 Å². The van der Waals surface area contributed by atoms with Crippen LogP contribution in [0, 0.1) is 13.8 Å². The molecule has 4 nitrogen and oxygen atoms in total. The molecule has 1 aliphatic heterocycles. The van der Waals surface area contributed by atoms with E-state index in [-0.39, 0.29) is 0 Å². The molecule has 0 aromatic heterocycles. The minimum atomic E-state index is -1.31. The largest absolute Gasteiger partial charge is 0.496 e. The second-order valence-corrected chi connectivity index (χ2v) is 4.59. The highest BCUT2D eigenvalue weighted by Gasteiger charge is 2.36. The predicted octanol–water partition coefficient (Wildman–Crippen LogP) is 2.56. The van der Waals surface area contributed by atoms with Gasteiger partial charge in [0.05, 0.1) is 7.11 Å². The van der Waals surface area contributed by atoms with Gasteiger partial charge in [-0.05, 0) is 44.0 Å². The van der Waals surface area contributed by atoms with E-state index in [9.17, 15) is 9.90 Å². The minimum absolute atomic E-state index is 0.612. The molecular weight excluding hydrogens is 232 g/mol. The first-order valence-electron chi connectivity index (χ1n) is 5.69. The summed E-state index contributed by atoms with van der Waals surface area (Å²) < 4.78 is 10.9. The summed E-state index contributed by atoms with van der Waals surface area (Å²) in [7, 11) is 1.61. The highest BCUT2D eigenvalue weighted by atomic mass is 16.5. The fourth-order valence-corrected chi connectivity index (χ4v) is 1.97. The number of carboxylic acids is 1. The summed E-state index contributed by atoms with van der Waals surface area (Å²) in [6, 6.07) is 1.86.